The molecule has 0 saturated heterocycles. The molecule has 0 bridgehead atoms. The van der Waals surface area contributed by atoms with E-state index in [1.165, 1.54) is 25.1 Å². The zero-order chi connectivity index (χ0) is 18.0. The summed E-state index contributed by atoms with van der Waals surface area (Å²) in [5.41, 5.74) is 1.47. The molecule has 3 rings (SSSR count). The van der Waals surface area contributed by atoms with Gasteiger partial charge in [0.1, 0.15) is 11.6 Å². The lowest BCUT2D eigenvalue weighted by Crippen LogP contribution is -2.25. The quantitative estimate of drug-likeness (QED) is 0.874. The van der Waals surface area contributed by atoms with E-state index in [-0.39, 0.29) is 23.9 Å². The third-order valence-corrected chi connectivity index (χ3v) is 4.21. The molecule has 25 heavy (non-hydrogen) atoms. The van der Waals surface area contributed by atoms with Crippen LogP contribution < -0.4 is 10.6 Å². The van der Waals surface area contributed by atoms with Crippen molar-refractivity contribution in [1.29, 1.82) is 0 Å². The second-order valence-corrected chi connectivity index (χ2v) is 6.18. The van der Waals surface area contributed by atoms with Gasteiger partial charge >= 0.3 is 0 Å². The van der Waals surface area contributed by atoms with E-state index >= 15 is 0 Å². The number of anilines is 1. The zero-order valence-corrected chi connectivity index (χ0v) is 13.7. The minimum Gasteiger partial charge on any atom is -0.352 e. The maximum Gasteiger partial charge on any atom is 0.224 e. The number of hydrogen-bond acceptors (Lipinski definition) is 2. The molecule has 0 heterocycles. The molecule has 130 valence electrons. The van der Waals surface area contributed by atoms with Crippen molar-refractivity contribution in [2.45, 2.75) is 25.8 Å². The van der Waals surface area contributed by atoms with Crippen molar-refractivity contribution in [3.63, 3.8) is 0 Å². The average Bonchev–Trinajstić information content (AvgIpc) is 3.32. The second kappa shape index (κ2) is 7.01. The van der Waals surface area contributed by atoms with Crippen molar-refractivity contribution < 1.29 is 18.4 Å². The number of carbonyl (C=O) groups excluding carboxylic acids is 2. The SMILES string of the molecule is CC(=O)Nc1cccc(CNC(=O)[C@@H]2C[C@@H]2c2c(F)cccc2F)c1. The Labute approximate surface area is 144 Å². The first-order chi connectivity index (χ1) is 12.0. The lowest BCUT2D eigenvalue weighted by Gasteiger charge is -2.08. The van der Waals surface area contributed by atoms with Crippen molar-refractivity contribution in [3.05, 3.63) is 65.2 Å². The summed E-state index contributed by atoms with van der Waals surface area (Å²) < 4.78 is 27.5. The van der Waals surface area contributed by atoms with Crippen molar-refractivity contribution in [2.24, 2.45) is 5.92 Å². The van der Waals surface area contributed by atoms with E-state index in [2.05, 4.69) is 10.6 Å². The van der Waals surface area contributed by atoms with E-state index in [0.29, 0.717) is 12.1 Å². The first-order valence-electron chi connectivity index (χ1n) is 8.04. The number of benzene rings is 2. The highest BCUT2D eigenvalue weighted by molar-refractivity contribution is 5.88. The third-order valence-electron chi connectivity index (χ3n) is 4.21. The molecular weight excluding hydrogens is 326 g/mol. The van der Waals surface area contributed by atoms with Crippen LogP contribution in [0.3, 0.4) is 0 Å². The molecule has 1 aliphatic rings. The zero-order valence-electron chi connectivity index (χ0n) is 13.7. The highest BCUT2D eigenvalue weighted by atomic mass is 19.1. The molecule has 2 N–H and O–H groups in total. The summed E-state index contributed by atoms with van der Waals surface area (Å²) >= 11 is 0. The average molecular weight is 344 g/mol. The standard InChI is InChI=1S/C19H18F2N2O2/c1-11(24)23-13-5-2-4-12(8-13)10-22-19(25)15-9-14(15)18-16(20)6-3-7-17(18)21/h2-8,14-15H,9-10H2,1H3,(H,22,25)(H,23,24)/t14-,15+/m0/s1. The van der Waals surface area contributed by atoms with Gasteiger partial charge in [-0.1, -0.05) is 18.2 Å². The fourth-order valence-electron chi connectivity index (χ4n) is 2.95. The van der Waals surface area contributed by atoms with Crippen LogP contribution in [0.5, 0.6) is 0 Å². The van der Waals surface area contributed by atoms with Gasteiger partial charge in [0, 0.05) is 36.6 Å². The van der Waals surface area contributed by atoms with Gasteiger partial charge in [-0.2, -0.15) is 0 Å². The third kappa shape index (κ3) is 4.02. The predicted molar refractivity (Wildman–Crippen MR) is 89.8 cm³/mol. The first kappa shape index (κ1) is 17.1. The summed E-state index contributed by atoms with van der Waals surface area (Å²) in [4.78, 5) is 23.3. The highest BCUT2D eigenvalue weighted by Gasteiger charge is 2.46. The number of nitrogens with one attached hydrogen (secondary N) is 2. The molecule has 2 aromatic rings. The maximum absolute atomic E-state index is 13.8. The summed E-state index contributed by atoms with van der Waals surface area (Å²) in [6, 6.07) is 10.9. The molecule has 1 aliphatic carbocycles. The summed E-state index contributed by atoms with van der Waals surface area (Å²) in [6.45, 7) is 1.71. The van der Waals surface area contributed by atoms with E-state index in [0.717, 1.165) is 5.56 Å². The smallest absolute Gasteiger partial charge is 0.224 e. The molecule has 2 amide bonds. The molecular formula is C19H18F2N2O2. The Kier molecular flexibility index (Phi) is 4.79. The van der Waals surface area contributed by atoms with Gasteiger partial charge in [0.05, 0.1) is 0 Å². The Morgan fingerprint density at radius 1 is 1.12 bits per heavy atom. The first-order valence-corrected chi connectivity index (χ1v) is 8.04. The van der Waals surface area contributed by atoms with Crippen LogP contribution >= 0.6 is 0 Å². The number of carbonyl (C=O) groups is 2. The molecule has 0 radical (unpaired) electrons. The van der Waals surface area contributed by atoms with Gasteiger partial charge in [0.15, 0.2) is 0 Å². The second-order valence-electron chi connectivity index (χ2n) is 6.18. The molecule has 0 unspecified atom stereocenters. The van der Waals surface area contributed by atoms with Gasteiger partial charge in [-0.25, -0.2) is 8.78 Å². The van der Waals surface area contributed by atoms with E-state index < -0.39 is 23.5 Å². The Bertz CT molecular complexity index is 803. The van der Waals surface area contributed by atoms with Crippen molar-refractivity contribution in [2.75, 3.05) is 5.32 Å². The van der Waals surface area contributed by atoms with Gasteiger partial charge in [-0.3, -0.25) is 9.59 Å². The minimum absolute atomic E-state index is 0.00435. The Morgan fingerprint density at radius 2 is 1.80 bits per heavy atom. The van der Waals surface area contributed by atoms with Crippen molar-refractivity contribution in [3.8, 4) is 0 Å². The van der Waals surface area contributed by atoms with Crippen molar-refractivity contribution >= 4 is 17.5 Å². The maximum atomic E-state index is 13.8. The minimum atomic E-state index is -0.608. The van der Waals surface area contributed by atoms with Crippen LogP contribution in [0.2, 0.25) is 0 Å². The largest absolute Gasteiger partial charge is 0.352 e. The Balaban J connectivity index is 1.59. The lowest BCUT2D eigenvalue weighted by atomic mass is 10.1. The normalized spacial score (nSPS) is 18.5. The van der Waals surface area contributed by atoms with Crippen molar-refractivity contribution in [1.82, 2.24) is 5.32 Å². The molecule has 2 aromatic carbocycles. The topological polar surface area (TPSA) is 58.2 Å². The lowest BCUT2D eigenvalue weighted by molar-refractivity contribution is -0.122. The summed E-state index contributed by atoms with van der Waals surface area (Å²) in [7, 11) is 0. The van der Waals surface area contributed by atoms with Gasteiger partial charge in [0.2, 0.25) is 11.8 Å². The van der Waals surface area contributed by atoms with E-state index in [4.69, 9.17) is 0 Å². The van der Waals surface area contributed by atoms with Crippen LogP contribution in [-0.2, 0) is 16.1 Å². The van der Waals surface area contributed by atoms with Crippen LogP contribution in [0, 0.1) is 17.6 Å². The Hall–Kier alpha value is -2.76. The van der Waals surface area contributed by atoms with Gasteiger partial charge in [0.25, 0.3) is 0 Å². The van der Waals surface area contributed by atoms with E-state index in [1.807, 2.05) is 6.07 Å². The molecule has 1 saturated carbocycles. The van der Waals surface area contributed by atoms with Gasteiger partial charge in [-0.15, -0.1) is 0 Å². The fourth-order valence-corrected chi connectivity index (χ4v) is 2.95. The summed E-state index contributed by atoms with van der Waals surface area (Å²) in [5, 5.41) is 5.46. The number of amides is 2. The predicted octanol–water partition coefficient (Wildman–Crippen LogP) is 3.34. The molecule has 2 atom stereocenters. The summed E-state index contributed by atoms with van der Waals surface area (Å²) in [6.07, 6.45) is 0.440. The van der Waals surface area contributed by atoms with Crippen LogP contribution in [0.15, 0.2) is 42.5 Å². The molecule has 0 spiro atoms. The molecule has 1 fully saturated rings. The van der Waals surface area contributed by atoms with Gasteiger partial charge < -0.3 is 10.6 Å². The van der Waals surface area contributed by atoms with Crippen LogP contribution in [0.4, 0.5) is 14.5 Å². The monoisotopic (exact) mass is 344 g/mol. The summed E-state index contributed by atoms with van der Waals surface area (Å²) in [5.74, 6) is -2.44. The molecule has 0 aliphatic heterocycles. The van der Waals surface area contributed by atoms with Crippen LogP contribution in [-0.4, -0.2) is 11.8 Å². The van der Waals surface area contributed by atoms with Crippen LogP contribution in [0.1, 0.15) is 30.4 Å². The molecule has 4 nitrogen and oxygen atoms in total. The van der Waals surface area contributed by atoms with E-state index in [9.17, 15) is 18.4 Å². The highest BCUT2D eigenvalue weighted by Crippen LogP contribution is 2.49. The molecule has 6 heteroatoms. The van der Waals surface area contributed by atoms with Gasteiger partial charge in [-0.05, 0) is 36.2 Å². The van der Waals surface area contributed by atoms with E-state index in [1.54, 1.807) is 18.2 Å². The molecule has 0 aromatic heterocycles. The number of halogens is 2. The number of rotatable bonds is 5. The van der Waals surface area contributed by atoms with Crippen LogP contribution in [0.25, 0.3) is 0 Å². The Morgan fingerprint density at radius 3 is 2.48 bits per heavy atom. The fraction of sp³-hybridized carbons (Fsp3) is 0.263. The number of hydrogen-bond donors (Lipinski definition) is 2.